The fourth-order valence-corrected chi connectivity index (χ4v) is 5.71. The van der Waals surface area contributed by atoms with Crippen LogP contribution in [-0.2, 0) is 21.2 Å². The number of aryl methyl sites for hydroxylation is 1. The van der Waals surface area contributed by atoms with Crippen molar-refractivity contribution in [1.82, 2.24) is 9.21 Å². The largest absolute Gasteiger partial charge is 0.496 e. The Morgan fingerprint density at radius 1 is 1.12 bits per heavy atom. The van der Waals surface area contributed by atoms with E-state index >= 15 is 0 Å². The highest BCUT2D eigenvalue weighted by molar-refractivity contribution is 7.89. The molecule has 1 atom stereocenters. The second-order valence-electron chi connectivity index (χ2n) is 8.56. The van der Waals surface area contributed by atoms with E-state index in [2.05, 4.69) is 0 Å². The molecule has 0 aromatic heterocycles. The van der Waals surface area contributed by atoms with Gasteiger partial charge in [-0.15, -0.1) is 0 Å². The molecule has 2 aromatic rings. The van der Waals surface area contributed by atoms with Crippen LogP contribution in [0.5, 0.6) is 11.5 Å². The summed E-state index contributed by atoms with van der Waals surface area (Å²) in [5.74, 6) is 1.37. The summed E-state index contributed by atoms with van der Waals surface area (Å²) in [7, 11) is -1.97. The van der Waals surface area contributed by atoms with E-state index in [1.807, 2.05) is 26.0 Å². The Labute approximate surface area is 195 Å². The number of hydrogen-bond acceptors (Lipinski definition) is 5. The van der Waals surface area contributed by atoms with Crippen molar-refractivity contribution in [2.24, 2.45) is 0 Å². The van der Waals surface area contributed by atoms with Gasteiger partial charge in [-0.1, -0.05) is 17.7 Å². The Kier molecular flexibility index (Phi) is 6.76. The van der Waals surface area contributed by atoms with E-state index in [-0.39, 0.29) is 23.5 Å². The number of fused-ring (bicyclic) bond motifs is 1. The summed E-state index contributed by atoms with van der Waals surface area (Å²) in [5.41, 5.74) is 2.89. The summed E-state index contributed by atoms with van der Waals surface area (Å²) >= 11 is 0. The van der Waals surface area contributed by atoms with Gasteiger partial charge in [-0.05, 0) is 50.6 Å². The van der Waals surface area contributed by atoms with Crippen LogP contribution in [0.2, 0.25) is 0 Å². The topological polar surface area (TPSA) is 76.2 Å². The van der Waals surface area contributed by atoms with Gasteiger partial charge in [-0.25, -0.2) is 8.42 Å². The van der Waals surface area contributed by atoms with Crippen molar-refractivity contribution in [3.8, 4) is 11.5 Å². The van der Waals surface area contributed by atoms with E-state index in [1.165, 1.54) is 10.4 Å². The van der Waals surface area contributed by atoms with Crippen LogP contribution >= 0.6 is 0 Å². The molecule has 1 saturated heterocycles. The van der Waals surface area contributed by atoms with Crippen LogP contribution in [0.3, 0.4) is 0 Å². The third-order valence-electron chi connectivity index (χ3n) is 6.08. The molecule has 1 fully saturated rings. The SMILES string of the molecule is COc1cc2c(cc1C=CC(=O)N1CCCN(S(=O)(=O)c3ccc(C)cc3)CC1)OC(C)C2. The van der Waals surface area contributed by atoms with Crippen molar-refractivity contribution < 1.29 is 22.7 Å². The number of amides is 1. The zero-order chi connectivity index (χ0) is 23.6. The van der Waals surface area contributed by atoms with Crippen molar-refractivity contribution in [3.05, 3.63) is 59.2 Å². The highest BCUT2D eigenvalue weighted by atomic mass is 32.2. The van der Waals surface area contributed by atoms with Crippen LogP contribution in [0.25, 0.3) is 6.08 Å². The van der Waals surface area contributed by atoms with Crippen molar-refractivity contribution in [2.75, 3.05) is 33.3 Å². The number of hydrogen-bond donors (Lipinski definition) is 0. The Hall–Kier alpha value is -2.84. The number of rotatable bonds is 5. The van der Waals surface area contributed by atoms with Crippen molar-refractivity contribution in [2.45, 2.75) is 37.7 Å². The zero-order valence-corrected chi connectivity index (χ0v) is 20.1. The minimum atomic E-state index is -3.58. The molecule has 0 saturated carbocycles. The maximum atomic E-state index is 13.0. The summed E-state index contributed by atoms with van der Waals surface area (Å²) in [6, 6.07) is 10.7. The third kappa shape index (κ3) is 5.07. The van der Waals surface area contributed by atoms with Gasteiger partial charge in [0, 0.05) is 49.8 Å². The molecule has 4 rings (SSSR count). The Morgan fingerprint density at radius 3 is 2.61 bits per heavy atom. The maximum Gasteiger partial charge on any atom is 0.246 e. The molecule has 176 valence electrons. The lowest BCUT2D eigenvalue weighted by Crippen LogP contribution is -2.36. The average Bonchev–Trinajstić information content (AvgIpc) is 2.98. The highest BCUT2D eigenvalue weighted by Crippen LogP contribution is 2.35. The predicted octanol–water partition coefficient (Wildman–Crippen LogP) is 3.26. The second-order valence-corrected chi connectivity index (χ2v) is 10.5. The fraction of sp³-hybridized carbons (Fsp3) is 0.400. The molecule has 2 aliphatic rings. The van der Waals surface area contributed by atoms with E-state index in [0.717, 1.165) is 28.9 Å². The van der Waals surface area contributed by atoms with Gasteiger partial charge in [-0.3, -0.25) is 4.79 Å². The number of nitrogens with zero attached hydrogens (tertiary/aromatic N) is 2. The normalized spacial score (nSPS) is 19.2. The molecular weight excluding hydrogens is 440 g/mol. The molecule has 2 heterocycles. The lowest BCUT2D eigenvalue weighted by atomic mass is 10.1. The Morgan fingerprint density at radius 2 is 1.88 bits per heavy atom. The maximum absolute atomic E-state index is 13.0. The van der Waals surface area contributed by atoms with Gasteiger partial charge in [-0.2, -0.15) is 4.31 Å². The minimum absolute atomic E-state index is 0.127. The van der Waals surface area contributed by atoms with Crippen LogP contribution < -0.4 is 9.47 Å². The summed E-state index contributed by atoms with van der Waals surface area (Å²) in [6.07, 6.45) is 4.80. The van der Waals surface area contributed by atoms with E-state index < -0.39 is 10.0 Å². The van der Waals surface area contributed by atoms with E-state index in [0.29, 0.717) is 31.8 Å². The quantitative estimate of drug-likeness (QED) is 0.627. The van der Waals surface area contributed by atoms with Crippen LogP contribution in [0.4, 0.5) is 0 Å². The van der Waals surface area contributed by atoms with Gasteiger partial charge < -0.3 is 14.4 Å². The van der Waals surface area contributed by atoms with Crippen LogP contribution in [0, 0.1) is 6.92 Å². The van der Waals surface area contributed by atoms with E-state index in [9.17, 15) is 13.2 Å². The first kappa shape index (κ1) is 23.3. The predicted molar refractivity (Wildman–Crippen MR) is 127 cm³/mol. The molecule has 0 bridgehead atoms. The Balaban J connectivity index is 1.44. The van der Waals surface area contributed by atoms with Crippen molar-refractivity contribution in [1.29, 1.82) is 0 Å². The van der Waals surface area contributed by atoms with Crippen molar-refractivity contribution >= 4 is 22.0 Å². The van der Waals surface area contributed by atoms with Crippen LogP contribution in [0.1, 0.15) is 30.0 Å². The first-order valence-electron chi connectivity index (χ1n) is 11.2. The molecule has 2 aromatic carbocycles. The smallest absolute Gasteiger partial charge is 0.246 e. The molecule has 1 unspecified atom stereocenters. The number of benzene rings is 2. The minimum Gasteiger partial charge on any atom is -0.496 e. The third-order valence-corrected chi connectivity index (χ3v) is 7.99. The average molecular weight is 471 g/mol. The monoisotopic (exact) mass is 470 g/mol. The Bertz CT molecular complexity index is 1160. The molecule has 0 radical (unpaired) electrons. The van der Waals surface area contributed by atoms with Crippen molar-refractivity contribution in [3.63, 3.8) is 0 Å². The van der Waals surface area contributed by atoms with Gasteiger partial charge in [0.1, 0.15) is 17.6 Å². The lowest BCUT2D eigenvalue weighted by molar-refractivity contribution is -0.125. The summed E-state index contributed by atoms with van der Waals surface area (Å²) < 4.78 is 38.8. The number of ether oxygens (including phenoxy) is 2. The molecule has 33 heavy (non-hydrogen) atoms. The van der Waals surface area contributed by atoms with Gasteiger partial charge in [0.2, 0.25) is 15.9 Å². The number of sulfonamides is 1. The molecule has 0 aliphatic carbocycles. The molecule has 7 nitrogen and oxygen atoms in total. The molecule has 8 heteroatoms. The zero-order valence-electron chi connectivity index (χ0n) is 19.3. The van der Waals surface area contributed by atoms with E-state index in [1.54, 1.807) is 42.4 Å². The van der Waals surface area contributed by atoms with Gasteiger partial charge >= 0.3 is 0 Å². The molecule has 0 spiro atoms. The van der Waals surface area contributed by atoms with Gasteiger partial charge in [0.25, 0.3) is 0 Å². The van der Waals surface area contributed by atoms with Crippen LogP contribution in [-0.4, -0.2) is 62.9 Å². The van der Waals surface area contributed by atoms with E-state index in [4.69, 9.17) is 9.47 Å². The second kappa shape index (κ2) is 9.57. The molecule has 1 amide bonds. The molecule has 2 aliphatic heterocycles. The molecular formula is C25H30N2O5S. The number of carbonyl (C=O) groups excluding carboxylic acids is 1. The van der Waals surface area contributed by atoms with Gasteiger partial charge in [0.05, 0.1) is 12.0 Å². The molecule has 0 N–H and O–H groups in total. The van der Waals surface area contributed by atoms with Crippen LogP contribution in [0.15, 0.2) is 47.4 Å². The standard InChI is InChI=1S/C25H30N2O5S/c1-18-5-8-22(9-6-18)33(29,30)27-12-4-11-26(13-14-27)25(28)10-7-20-16-24-21(15-19(2)32-24)17-23(20)31-3/h5-10,16-17,19H,4,11-15H2,1-3H3. The lowest BCUT2D eigenvalue weighted by Gasteiger charge is -2.21. The summed E-state index contributed by atoms with van der Waals surface area (Å²) in [6.45, 7) is 5.45. The highest BCUT2D eigenvalue weighted by Gasteiger charge is 2.28. The summed E-state index contributed by atoms with van der Waals surface area (Å²) in [4.78, 5) is 14.9. The summed E-state index contributed by atoms with van der Waals surface area (Å²) in [5, 5.41) is 0. The number of methoxy groups -OCH3 is 1. The first-order valence-corrected chi connectivity index (χ1v) is 12.6. The fourth-order valence-electron chi connectivity index (χ4n) is 4.24. The van der Waals surface area contributed by atoms with Gasteiger partial charge in [0.15, 0.2) is 0 Å². The number of carbonyl (C=O) groups is 1. The first-order chi connectivity index (χ1) is 15.8.